The average molecular weight is 280 g/mol. The molecule has 0 aliphatic heterocycles. The number of aliphatic imine (C=N–C) groups is 1. The number of carbonyl (C=O) groups excluding carboxylic acids is 2. The van der Waals surface area contributed by atoms with E-state index < -0.39 is 22.7 Å². The highest BCUT2D eigenvalue weighted by atomic mass is 35.5. The summed E-state index contributed by atoms with van der Waals surface area (Å²) in [6.45, 7) is 0. The molecule has 0 saturated heterocycles. The molecule has 1 aromatic carbocycles. The van der Waals surface area contributed by atoms with Crippen molar-refractivity contribution in [1.82, 2.24) is 0 Å². The van der Waals surface area contributed by atoms with E-state index in [1.54, 1.807) is 0 Å². The number of nitrogens with zero attached hydrogens (tertiary/aromatic N) is 1. The predicted octanol–water partition coefficient (Wildman–Crippen LogP) is 3.25. The fraction of sp³-hybridized carbons (Fsp3) is 0.111. The number of isocyanates is 1. The second-order valence-electron chi connectivity index (χ2n) is 2.59. The topological polar surface area (TPSA) is 65.0 Å². The van der Waals surface area contributed by atoms with Crippen LogP contribution in [-0.2, 0) is 9.53 Å². The quantitative estimate of drug-likeness (QED) is 0.361. The van der Waals surface area contributed by atoms with Crippen molar-refractivity contribution in [2.24, 2.45) is 4.99 Å². The van der Waals surface area contributed by atoms with Crippen molar-refractivity contribution in [3.8, 4) is 5.75 Å². The maximum Gasteiger partial charge on any atom is 0.513 e. The molecule has 90 valence electrons. The van der Waals surface area contributed by atoms with Gasteiger partial charge in [0.15, 0.2) is 11.6 Å². The lowest BCUT2D eigenvalue weighted by Gasteiger charge is -2.08. The molecule has 0 aliphatic carbocycles. The first kappa shape index (κ1) is 13.4. The highest BCUT2D eigenvalue weighted by Crippen LogP contribution is 2.41. The number of rotatable bonds is 2. The molecule has 17 heavy (non-hydrogen) atoms. The average Bonchev–Trinajstić information content (AvgIpc) is 2.29. The molecule has 0 radical (unpaired) electrons. The van der Waals surface area contributed by atoms with Crippen molar-refractivity contribution in [1.29, 1.82) is 0 Å². The van der Waals surface area contributed by atoms with Gasteiger partial charge < -0.3 is 9.47 Å². The van der Waals surface area contributed by atoms with Crippen molar-refractivity contribution in [3.63, 3.8) is 0 Å². The molecule has 8 heteroatoms. The van der Waals surface area contributed by atoms with E-state index in [-0.39, 0.29) is 10.8 Å². The molecule has 0 N–H and O–H groups in total. The fourth-order valence-electron chi connectivity index (χ4n) is 0.929. The zero-order valence-electron chi connectivity index (χ0n) is 8.29. The van der Waals surface area contributed by atoms with Gasteiger partial charge in [-0.05, 0) is 6.07 Å². The van der Waals surface area contributed by atoms with Gasteiger partial charge >= 0.3 is 6.16 Å². The standard InChI is InChI=1S/C9H4Cl2FNO4/c1-16-9(15)17-8-4(10)2-5(12)7(6(8)11)13-3-14/h2H,1H3. The first-order valence-corrected chi connectivity index (χ1v) is 4.78. The van der Waals surface area contributed by atoms with Gasteiger partial charge in [-0.15, -0.1) is 0 Å². The Labute approximate surface area is 105 Å². The van der Waals surface area contributed by atoms with Crippen LogP contribution in [0.3, 0.4) is 0 Å². The molecule has 0 atom stereocenters. The third-order valence-electron chi connectivity index (χ3n) is 1.61. The van der Waals surface area contributed by atoms with E-state index in [0.29, 0.717) is 0 Å². The maximum atomic E-state index is 13.3. The number of hydrogen-bond donors (Lipinski definition) is 0. The van der Waals surface area contributed by atoms with Crippen LogP contribution in [-0.4, -0.2) is 19.3 Å². The van der Waals surface area contributed by atoms with Crippen LogP contribution in [0.25, 0.3) is 0 Å². The Morgan fingerprint density at radius 2 is 2.18 bits per heavy atom. The van der Waals surface area contributed by atoms with Gasteiger partial charge in [-0.2, -0.15) is 4.99 Å². The van der Waals surface area contributed by atoms with E-state index in [9.17, 15) is 14.0 Å². The van der Waals surface area contributed by atoms with Gasteiger partial charge in [0.2, 0.25) is 6.08 Å². The Morgan fingerprint density at radius 1 is 1.53 bits per heavy atom. The van der Waals surface area contributed by atoms with Gasteiger partial charge in [0, 0.05) is 0 Å². The third kappa shape index (κ3) is 2.94. The molecule has 0 aromatic heterocycles. The lowest BCUT2D eigenvalue weighted by Crippen LogP contribution is -2.08. The maximum absolute atomic E-state index is 13.3. The van der Waals surface area contributed by atoms with E-state index in [0.717, 1.165) is 19.3 Å². The van der Waals surface area contributed by atoms with E-state index in [2.05, 4.69) is 14.5 Å². The van der Waals surface area contributed by atoms with Crippen LogP contribution in [0.4, 0.5) is 14.9 Å². The molecule has 0 aliphatic rings. The summed E-state index contributed by atoms with van der Waals surface area (Å²) in [5, 5.41) is -0.688. The van der Waals surface area contributed by atoms with Crippen molar-refractivity contribution < 1.29 is 23.5 Å². The molecule has 0 heterocycles. The smallest absolute Gasteiger partial charge is 0.437 e. The minimum atomic E-state index is -1.10. The van der Waals surface area contributed by atoms with E-state index in [1.807, 2.05) is 0 Å². The van der Waals surface area contributed by atoms with Crippen molar-refractivity contribution in [2.75, 3.05) is 7.11 Å². The predicted molar refractivity (Wildman–Crippen MR) is 57.2 cm³/mol. The molecule has 5 nitrogen and oxygen atoms in total. The number of benzene rings is 1. The number of carbonyl (C=O) groups is 1. The van der Waals surface area contributed by atoms with Crippen LogP contribution in [0.15, 0.2) is 11.1 Å². The normalized spacial score (nSPS) is 9.41. The molecule has 0 saturated carbocycles. The molecule has 1 rings (SSSR count). The molecule has 0 amide bonds. The van der Waals surface area contributed by atoms with Gasteiger partial charge in [-0.1, -0.05) is 23.2 Å². The minimum Gasteiger partial charge on any atom is -0.437 e. The highest BCUT2D eigenvalue weighted by molar-refractivity contribution is 6.39. The van der Waals surface area contributed by atoms with Gasteiger partial charge in [-0.25, -0.2) is 14.0 Å². The fourth-order valence-corrected chi connectivity index (χ4v) is 1.48. The molecule has 0 unspecified atom stereocenters. The van der Waals surface area contributed by atoms with Gasteiger partial charge in [0.05, 0.1) is 12.1 Å². The van der Waals surface area contributed by atoms with Crippen LogP contribution in [0.1, 0.15) is 0 Å². The van der Waals surface area contributed by atoms with E-state index in [4.69, 9.17) is 23.2 Å². The molecular formula is C9H4Cl2FNO4. The van der Waals surface area contributed by atoms with Crippen LogP contribution in [0.2, 0.25) is 10.0 Å². The Morgan fingerprint density at radius 3 is 2.71 bits per heavy atom. The summed E-state index contributed by atoms with van der Waals surface area (Å²) in [7, 11) is 1.07. The van der Waals surface area contributed by atoms with Crippen molar-refractivity contribution >= 4 is 41.1 Å². The van der Waals surface area contributed by atoms with Crippen molar-refractivity contribution in [2.45, 2.75) is 0 Å². The summed E-state index contributed by atoms with van der Waals surface area (Å²) < 4.78 is 22.1. The second kappa shape index (κ2) is 5.63. The minimum absolute atomic E-state index is 0.261. The van der Waals surface area contributed by atoms with Gasteiger partial charge in [0.1, 0.15) is 10.7 Å². The third-order valence-corrected chi connectivity index (χ3v) is 2.24. The molecule has 0 bridgehead atoms. The Hall–Kier alpha value is -1.62. The largest absolute Gasteiger partial charge is 0.513 e. The summed E-state index contributed by atoms with van der Waals surface area (Å²) in [5.41, 5.74) is -0.523. The van der Waals surface area contributed by atoms with Crippen molar-refractivity contribution in [3.05, 3.63) is 21.9 Å². The second-order valence-corrected chi connectivity index (χ2v) is 3.38. The van der Waals surface area contributed by atoms with E-state index >= 15 is 0 Å². The molecule has 0 fully saturated rings. The molecule has 1 aromatic rings. The lowest BCUT2D eigenvalue weighted by atomic mass is 10.3. The van der Waals surface area contributed by atoms with Gasteiger partial charge in [-0.3, -0.25) is 0 Å². The van der Waals surface area contributed by atoms with E-state index in [1.165, 1.54) is 0 Å². The zero-order chi connectivity index (χ0) is 13.0. The summed E-state index contributed by atoms with van der Waals surface area (Å²) in [5.74, 6) is -1.30. The Bertz CT molecular complexity index is 514. The first-order valence-electron chi connectivity index (χ1n) is 4.02. The van der Waals surface area contributed by atoms with Crippen LogP contribution < -0.4 is 4.74 Å². The SMILES string of the molecule is COC(=O)Oc1c(Cl)cc(F)c(N=C=O)c1Cl. The summed E-state index contributed by atoms with van der Waals surface area (Å²) in [4.78, 5) is 24.0. The Balaban J connectivity index is 3.35. The van der Waals surface area contributed by atoms with Crippen LogP contribution in [0.5, 0.6) is 5.75 Å². The molecule has 0 spiro atoms. The first-order chi connectivity index (χ1) is 8.01. The summed E-state index contributed by atoms with van der Waals surface area (Å²) >= 11 is 11.3. The Kier molecular flexibility index (Phi) is 4.45. The number of methoxy groups -OCH3 is 1. The monoisotopic (exact) mass is 279 g/mol. The van der Waals surface area contributed by atoms with Gasteiger partial charge in [0.25, 0.3) is 0 Å². The zero-order valence-corrected chi connectivity index (χ0v) is 9.80. The number of ether oxygens (including phenoxy) is 2. The van der Waals surface area contributed by atoms with Crippen LogP contribution in [0, 0.1) is 5.82 Å². The molecular weight excluding hydrogens is 276 g/mol. The number of hydrogen-bond acceptors (Lipinski definition) is 5. The highest BCUT2D eigenvalue weighted by Gasteiger charge is 2.20. The number of halogens is 3. The summed E-state index contributed by atoms with van der Waals surface area (Å²) in [6, 6.07) is 0.794. The van der Waals surface area contributed by atoms with Crippen LogP contribution >= 0.6 is 23.2 Å². The lowest BCUT2D eigenvalue weighted by molar-refractivity contribution is 0.121. The summed E-state index contributed by atoms with van der Waals surface area (Å²) in [6.07, 6.45) is 0.0195.